The van der Waals surface area contributed by atoms with Crippen molar-refractivity contribution in [2.24, 2.45) is 0 Å². The summed E-state index contributed by atoms with van der Waals surface area (Å²) < 4.78 is 0. The van der Waals surface area contributed by atoms with Crippen molar-refractivity contribution in [1.29, 1.82) is 0 Å². The molecule has 0 saturated carbocycles. The van der Waals surface area contributed by atoms with Crippen LogP contribution in [0.15, 0.2) is 36.5 Å². The number of H-pyrrole nitrogens is 1. The van der Waals surface area contributed by atoms with E-state index in [9.17, 15) is 0 Å². The van der Waals surface area contributed by atoms with Crippen LogP contribution < -0.4 is 5.32 Å². The molecule has 2 aromatic rings. The van der Waals surface area contributed by atoms with Crippen molar-refractivity contribution in [3.8, 4) is 0 Å². The second kappa shape index (κ2) is 6.87. The van der Waals surface area contributed by atoms with E-state index in [1.54, 1.807) is 0 Å². The smallest absolute Gasteiger partial charge is 0.0535 e. The first-order chi connectivity index (χ1) is 10.3. The summed E-state index contributed by atoms with van der Waals surface area (Å²) in [5.41, 5.74) is 3.82. The lowest BCUT2D eigenvalue weighted by molar-refractivity contribution is 0.238. The van der Waals surface area contributed by atoms with Gasteiger partial charge in [-0.3, -0.25) is 10.00 Å². The molecule has 112 valence electrons. The van der Waals surface area contributed by atoms with Crippen LogP contribution in [0.2, 0.25) is 0 Å². The molecule has 21 heavy (non-hydrogen) atoms. The maximum Gasteiger partial charge on any atom is 0.0535 e. The van der Waals surface area contributed by atoms with Gasteiger partial charge in [-0.1, -0.05) is 30.3 Å². The van der Waals surface area contributed by atoms with Crippen LogP contribution in [0.1, 0.15) is 35.7 Å². The minimum atomic E-state index is 0.473. The highest BCUT2D eigenvalue weighted by atomic mass is 15.2. The van der Waals surface area contributed by atoms with E-state index in [2.05, 4.69) is 57.7 Å². The molecule has 1 aliphatic heterocycles. The fourth-order valence-electron chi connectivity index (χ4n) is 3.08. The van der Waals surface area contributed by atoms with Crippen LogP contribution in [0.25, 0.3) is 0 Å². The Kier molecular flexibility index (Phi) is 4.68. The number of aromatic nitrogens is 2. The van der Waals surface area contributed by atoms with Crippen molar-refractivity contribution in [2.45, 2.75) is 32.4 Å². The molecule has 0 amide bonds. The Morgan fingerprint density at radius 1 is 1.24 bits per heavy atom. The topological polar surface area (TPSA) is 44.0 Å². The van der Waals surface area contributed by atoms with Gasteiger partial charge in [-0.05, 0) is 38.4 Å². The molecule has 3 rings (SSSR count). The van der Waals surface area contributed by atoms with Gasteiger partial charge in [0, 0.05) is 30.4 Å². The molecule has 1 aromatic heterocycles. The minimum Gasteiger partial charge on any atom is -0.311 e. The summed E-state index contributed by atoms with van der Waals surface area (Å²) in [6.07, 6.45) is 4.56. The van der Waals surface area contributed by atoms with E-state index in [-0.39, 0.29) is 0 Å². The number of nitrogens with one attached hydrogen (secondary N) is 2. The molecule has 0 unspecified atom stereocenters. The first kappa shape index (κ1) is 14.3. The molecule has 4 heteroatoms. The third-order valence-electron chi connectivity index (χ3n) is 4.35. The molecule has 2 heterocycles. The molecule has 0 aliphatic carbocycles. The lowest BCUT2D eigenvalue weighted by Crippen LogP contribution is -2.34. The Morgan fingerprint density at radius 3 is 2.67 bits per heavy atom. The molecule has 4 nitrogen and oxygen atoms in total. The van der Waals surface area contributed by atoms with E-state index in [1.165, 1.54) is 37.1 Å². The van der Waals surface area contributed by atoms with E-state index in [4.69, 9.17) is 0 Å². The van der Waals surface area contributed by atoms with E-state index >= 15 is 0 Å². The molecule has 1 saturated heterocycles. The number of aromatic amines is 1. The van der Waals surface area contributed by atoms with Crippen LogP contribution in [0.5, 0.6) is 0 Å². The molecule has 0 bridgehead atoms. The molecule has 1 fully saturated rings. The fraction of sp³-hybridized carbons (Fsp3) is 0.471. The van der Waals surface area contributed by atoms with Gasteiger partial charge in [-0.2, -0.15) is 5.10 Å². The van der Waals surface area contributed by atoms with Crippen molar-refractivity contribution in [2.75, 3.05) is 19.6 Å². The van der Waals surface area contributed by atoms with Gasteiger partial charge in [0.25, 0.3) is 0 Å². The number of hydrogen-bond donors (Lipinski definition) is 2. The molecule has 0 radical (unpaired) electrons. The monoisotopic (exact) mass is 284 g/mol. The molecule has 1 aromatic carbocycles. The highest BCUT2D eigenvalue weighted by molar-refractivity contribution is 5.20. The van der Waals surface area contributed by atoms with Crippen LogP contribution in [0.4, 0.5) is 0 Å². The van der Waals surface area contributed by atoms with Crippen LogP contribution >= 0.6 is 0 Å². The largest absolute Gasteiger partial charge is 0.311 e. The Labute approximate surface area is 126 Å². The predicted octanol–water partition coefficient (Wildman–Crippen LogP) is 2.64. The Hall–Kier alpha value is -1.65. The molecule has 2 N–H and O–H groups in total. The van der Waals surface area contributed by atoms with Crippen LogP contribution in [0.3, 0.4) is 0 Å². The average Bonchev–Trinajstić information content (AvgIpc) is 3.17. The maximum atomic E-state index is 4.08. The van der Waals surface area contributed by atoms with Gasteiger partial charge >= 0.3 is 0 Å². The minimum absolute atomic E-state index is 0.473. The lowest BCUT2D eigenvalue weighted by atomic mass is 10.1. The van der Waals surface area contributed by atoms with Crippen molar-refractivity contribution in [3.05, 3.63) is 53.3 Å². The summed E-state index contributed by atoms with van der Waals surface area (Å²) in [5, 5.41) is 10.7. The Morgan fingerprint density at radius 2 is 2.00 bits per heavy atom. The maximum absolute atomic E-state index is 4.08. The van der Waals surface area contributed by atoms with Crippen molar-refractivity contribution < 1.29 is 0 Å². The first-order valence-corrected chi connectivity index (χ1v) is 7.83. The van der Waals surface area contributed by atoms with Gasteiger partial charge in [0.15, 0.2) is 0 Å². The summed E-state index contributed by atoms with van der Waals surface area (Å²) in [6, 6.07) is 11.3. The van der Waals surface area contributed by atoms with Crippen molar-refractivity contribution in [3.63, 3.8) is 0 Å². The summed E-state index contributed by atoms with van der Waals surface area (Å²) >= 11 is 0. The van der Waals surface area contributed by atoms with Crippen LogP contribution in [-0.4, -0.2) is 34.7 Å². The fourth-order valence-corrected chi connectivity index (χ4v) is 3.08. The Balaban J connectivity index is 1.63. The van der Waals surface area contributed by atoms with Gasteiger partial charge in [-0.15, -0.1) is 0 Å². The summed E-state index contributed by atoms with van der Waals surface area (Å²) in [5.74, 6) is 0. The van der Waals surface area contributed by atoms with Crippen molar-refractivity contribution >= 4 is 0 Å². The highest BCUT2D eigenvalue weighted by Crippen LogP contribution is 2.24. The summed E-state index contributed by atoms with van der Waals surface area (Å²) in [7, 11) is 0. The molecular weight excluding hydrogens is 260 g/mol. The quantitative estimate of drug-likeness (QED) is 0.857. The zero-order chi connectivity index (χ0) is 14.5. The van der Waals surface area contributed by atoms with E-state index in [0.717, 1.165) is 18.8 Å². The normalized spacial score (nSPS) is 17.2. The summed E-state index contributed by atoms with van der Waals surface area (Å²) in [6.45, 7) is 6.35. The highest BCUT2D eigenvalue weighted by Gasteiger charge is 2.22. The second-order valence-electron chi connectivity index (χ2n) is 5.82. The number of likely N-dealkylation sites (tertiary alicyclic amines) is 1. The number of hydrogen-bond acceptors (Lipinski definition) is 3. The third-order valence-corrected chi connectivity index (χ3v) is 4.35. The number of nitrogens with zero attached hydrogens (tertiary/aromatic N) is 2. The predicted molar refractivity (Wildman–Crippen MR) is 85.0 cm³/mol. The van der Waals surface area contributed by atoms with Gasteiger partial charge in [0.1, 0.15) is 0 Å². The zero-order valence-corrected chi connectivity index (χ0v) is 12.7. The summed E-state index contributed by atoms with van der Waals surface area (Å²) in [4.78, 5) is 2.60. The standard InChI is InChI=1S/C17H24N4/c1-14-16(12-19-20-14)11-18-13-17(21-9-5-6-10-21)15-7-3-2-4-8-15/h2-4,7-8,12,17-18H,5-6,9-11,13H2,1H3,(H,19,20)/t17-/m0/s1. The average molecular weight is 284 g/mol. The van der Waals surface area contributed by atoms with E-state index in [0.29, 0.717) is 6.04 Å². The molecule has 1 aliphatic rings. The van der Waals surface area contributed by atoms with E-state index < -0.39 is 0 Å². The zero-order valence-electron chi connectivity index (χ0n) is 12.7. The SMILES string of the molecule is Cc1[nH]ncc1CNC[C@@H](c1ccccc1)N1CCCC1. The van der Waals surface area contributed by atoms with Gasteiger partial charge in [-0.25, -0.2) is 0 Å². The van der Waals surface area contributed by atoms with Crippen LogP contribution in [0, 0.1) is 6.92 Å². The number of aryl methyl sites for hydroxylation is 1. The van der Waals surface area contributed by atoms with Gasteiger partial charge in [0.05, 0.1) is 6.20 Å². The third kappa shape index (κ3) is 3.52. The van der Waals surface area contributed by atoms with E-state index in [1.807, 2.05) is 6.20 Å². The van der Waals surface area contributed by atoms with Gasteiger partial charge < -0.3 is 5.32 Å². The van der Waals surface area contributed by atoms with Crippen LogP contribution in [-0.2, 0) is 6.54 Å². The lowest BCUT2D eigenvalue weighted by Gasteiger charge is -2.28. The molecule has 0 spiro atoms. The van der Waals surface area contributed by atoms with Gasteiger partial charge in [0.2, 0.25) is 0 Å². The van der Waals surface area contributed by atoms with Crippen molar-refractivity contribution in [1.82, 2.24) is 20.4 Å². The molecule has 1 atom stereocenters. The number of rotatable bonds is 6. The first-order valence-electron chi connectivity index (χ1n) is 7.83. The Bertz CT molecular complexity index is 543. The molecular formula is C17H24N4. The second-order valence-corrected chi connectivity index (χ2v) is 5.82. The number of benzene rings is 1.